The number of ether oxygens (including phenoxy) is 1. The third-order valence-electron chi connectivity index (χ3n) is 6.27. The Morgan fingerprint density at radius 3 is 2.26 bits per heavy atom. The lowest BCUT2D eigenvalue weighted by atomic mass is 10.0. The lowest BCUT2D eigenvalue weighted by molar-refractivity contribution is 0.0664. The number of nitrogens with zero attached hydrogens (tertiary/aromatic N) is 3. The molecule has 1 aliphatic heterocycles. The lowest BCUT2D eigenvalue weighted by Gasteiger charge is -2.32. The van der Waals surface area contributed by atoms with Crippen molar-refractivity contribution in [3.63, 3.8) is 0 Å². The molecule has 0 spiro atoms. The third kappa shape index (κ3) is 6.25. The Bertz CT molecular complexity index is 1150. The van der Waals surface area contributed by atoms with E-state index in [1.165, 1.54) is 0 Å². The summed E-state index contributed by atoms with van der Waals surface area (Å²) in [6.07, 6.45) is 3.51. The summed E-state index contributed by atoms with van der Waals surface area (Å²) in [7, 11) is 2.07. The minimum absolute atomic E-state index is 0.0606. The van der Waals surface area contributed by atoms with E-state index in [0.717, 1.165) is 54.2 Å². The molecule has 2 aromatic carbocycles. The maximum Gasteiger partial charge on any atom is 0.253 e. The van der Waals surface area contributed by atoms with Crippen molar-refractivity contribution in [1.29, 1.82) is 0 Å². The molecule has 4 rings (SSSR count). The Hall–Kier alpha value is -3.71. The summed E-state index contributed by atoms with van der Waals surface area (Å²) in [5.41, 5.74) is 5.02. The number of piperazine rings is 1. The number of pyridine rings is 1. The van der Waals surface area contributed by atoms with Gasteiger partial charge in [-0.1, -0.05) is 18.2 Å². The van der Waals surface area contributed by atoms with E-state index < -0.39 is 0 Å². The average molecular weight is 473 g/mol. The number of aromatic nitrogens is 1. The van der Waals surface area contributed by atoms with Gasteiger partial charge in [-0.25, -0.2) is 0 Å². The number of rotatable bonds is 7. The maximum atomic E-state index is 12.8. The van der Waals surface area contributed by atoms with Crippen LogP contribution in [-0.4, -0.2) is 59.8 Å². The first-order valence-electron chi connectivity index (χ1n) is 11.9. The normalized spacial score (nSPS) is 14.0. The summed E-state index contributed by atoms with van der Waals surface area (Å²) in [6.45, 7) is 7.99. The Labute approximate surface area is 206 Å². The number of amides is 2. The van der Waals surface area contributed by atoms with Gasteiger partial charge in [0.15, 0.2) is 0 Å². The summed E-state index contributed by atoms with van der Waals surface area (Å²) in [5.74, 6) is 0.698. The van der Waals surface area contributed by atoms with Crippen molar-refractivity contribution in [3.8, 4) is 5.75 Å². The molecule has 7 nitrogen and oxygen atoms in total. The first-order chi connectivity index (χ1) is 16.9. The third-order valence-corrected chi connectivity index (χ3v) is 6.27. The van der Waals surface area contributed by atoms with Crippen molar-refractivity contribution in [1.82, 2.24) is 20.1 Å². The van der Waals surface area contributed by atoms with E-state index in [2.05, 4.69) is 22.2 Å². The zero-order valence-corrected chi connectivity index (χ0v) is 20.6. The van der Waals surface area contributed by atoms with Crippen LogP contribution in [0.25, 0.3) is 0 Å². The van der Waals surface area contributed by atoms with Gasteiger partial charge in [0.25, 0.3) is 11.8 Å². The molecule has 2 amide bonds. The van der Waals surface area contributed by atoms with Crippen molar-refractivity contribution in [3.05, 3.63) is 94.3 Å². The highest BCUT2D eigenvalue weighted by atomic mass is 16.5. The highest BCUT2D eigenvalue weighted by Gasteiger charge is 2.20. The Morgan fingerprint density at radius 2 is 1.63 bits per heavy atom. The van der Waals surface area contributed by atoms with Crippen molar-refractivity contribution < 1.29 is 14.3 Å². The smallest absolute Gasteiger partial charge is 0.253 e. The first-order valence-corrected chi connectivity index (χ1v) is 11.9. The molecule has 1 aliphatic rings. The van der Waals surface area contributed by atoms with Crippen LogP contribution in [0.4, 0.5) is 0 Å². The van der Waals surface area contributed by atoms with E-state index in [-0.39, 0.29) is 11.8 Å². The van der Waals surface area contributed by atoms with Gasteiger partial charge in [-0.15, -0.1) is 0 Å². The summed E-state index contributed by atoms with van der Waals surface area (Å²) in [4.78, 5) is 33.7. The van der Waals surface area contributed by atoms with E-state index in [9.17, 15) is 9.59 Å². The zero-order valence-electron chi connectivity index (χ0n) is 20.6. The quantitative estimate of drug-likeness (QED) is 0.569. The number of likely N-dealkylation sites (N-methyl/N-ethyl adjacent to an activating group) is 1. The SMILES string of the molecule is Cc1cc(C(=O)NCc2ccc(C(=O)N3CCN(C)CC3)cc2)cc(C)c1OCc1cccnc1. The molecule has 1 saturated heterocycles. The van der Waals surface area contributed by atoms with Crippen LogP contribution in [0, 0.1) is 13.8 Å². The monoisotopic (exact) mass is 472 g/mol. The minimum atomic E-state index is -0.146. The van der Waals surface area contributed by atoms with Crippen LogP contribution < -0.4 is 10.1 Å². The molecule has 2 heterocycles. The molecule has 1 aromatic heterocycles. The van der Waals surface area contributed by atoms with Gasteiger partial charge in [-0.3, -0.25) is 14.6 Å². The Kier molecular flexibility index (Phi) is 7.77. The lowest BCUT2D eigenvalue weighted by Crippen LogP contribution is -2.47. The topological polar surface area (TPSA) is 74.8 Å². The zero-order chi connectivity index (χ0) is 24.8. The van der Waals surface area contributed by atoms with Crippen LogP contribution in [0.1, 0.15) is 43.0 Å². The molecule has 0 bridgehead atoms. The number of carbonyl (C=O) groups is 2. The van der Waals surface area contributed by atoms with E-state index in [0.29, 0.717) is 24.3 Å². The molecule has 35 heavy (non-hydrogen) atoms. The molecule has 1 fully saturated rings. The standard InChI is InChI=1S/C28H32N4O3/c1-20-15-25(16-21(2)26(20)35-19-23-5-4-10-29-17-23)27(33)30-18-22-6-8-24(9-7-22)28(34)32-13-11-31(3)12-14-32/h4-10,15-17H,11-14,18-19H2,1-3H3,(H,30,33). The van der Waals surface area contributed by atoms with Crippen LogP contribution in [-0.2, 0) is 13.2 Å². The van der Waals surface area contributed by atoms with Gasteiger partial charge in [0, 0.05) is 61.8 Å². The second-order valence-corrected chi connectivity index (χ2v) is 9.06. The molecule has 7 heteroatoms. The number of hydrogen-bond acceptors (Lipinski definition) is 5. The van der Waals surface area contributed by atoms with Crippen LogP contribution >= 0.6 is 0 Å². The van der Waals surface area contributed by atoms with Gasteiger partial charge in [-0.2, -0.15) is 0 Å². The molecular formula is C28H32N4O3. The summed E-state index contributed by atoms with van der Waals surface area (Å²) < 4.78 is 5.99. The van der Waals surface area contributed by atoms with E-state index in [1.54, 1.807) is 12.4 Å². The highest BCUT2D eigenvalue weighted by Crippen LogP contribution is 2.26. The van der Waals surface area contributed by atoms with Crippen molar-refractivity contribution in [2.24, 2.45) is 0 Å². The van der Waals surface area contributed by atoms with Crippen LogP contribution in [0.15, 0.2) is 60.9 Å². The fourth-order valence-corrected chi connectivity index (χ4v) is 4.19. The number of benzene rings is 2. The number of carbonyl (C=O) groups excluding carboxylic acids is 2. The van der Waals surface area contributed by atoms with Gasteiger partial charge >= 0.3 is 0 Å². The van der Waals surface area contributed by atoms with Gasteiger partial charge in [-0.05, 0) is 67.9 Å². The van der Waals surface area contributed by atoms with E-state index >= 15 is 0 Å². The first kappa shape index (κ1) is 24.4. The predicted molar refractivity (Wildman–Crippen MR) is 135 cm³/mol. The second kappa shape index (κ2) is 11.1. The van der Waals surface area contributed by atoms with E-state index in [1.807, 2.05) is 67.3 Å². The van der Waals surface area contributed by atoms with Crippen LogP contribution in [0.2, 0.25) is 0 Å². The number of hydrogen-bond donors (Lipinski definition) is 1. The molecule has 3 aromatic rings. The molecule has 0 radical (unpaired) electrons. The van der Waals surface area contributed by atoms with Gasteiger partial charge in [0.2, 0.25) is 0 Å². The Balaban J connectivity index is 1.33. The fourth-order valence-electron chi connectivity index (χ4n) is 4.19. The highest BCUT2D eigenvalue weighted by molar-refractivity contribution is 5.95. The second-order valence-electron chi connectivity index (χ2n) is 9.06. The molecule has 1 N–H and O–H groups in total. The average Bonchev–Trinajstić information content (AvgIpc) is 2.87. The fraction of sp³-hybridized carbons (Fsp3) is 0.321. The van der Waals surface area contributed by atoms with Gasteiger partial charge in [0.05, 0.1) is 0 Å². The molecule has 0 unspecified atom stereocenters. The molecule has 0 aliphatic carbocycles. The minimum Gasteiger partial charge on any atom is -0.488 e. The molecule has 0 atom stereocenters. The molecular weight excluding hydrogens is 440 g/mol. The summed E-state index contributed by atoms with van der Waals surface area (Å²) in [6, 6.07) is 15.0. The van der Waals surface area contributed by atoms with Gasteiger partial charge in [0.1, 0.15) is 12.4 Å². The van der Waals surface area contributed by atoms with Crippen molar-refractivity contribution in [2.75, 3.05) is 33.2 Å². The number of aryl methyl sites for hydroxylation is 2. The summed E-state index contributed by atoms with van der Waals surface area (Å²) >= 11 is 0. The molecule has 0 saturated carbocycles. The summed E-state index contributed by atoms with van der Waals surface area (Å²) in [5, 5.41) is 2.98. The maximum absolute atomic E-state index is 12.8. The Morgan fingerprint density at radius 1 is 0.943 bits per heavy atom. The van der Waals surface area contributed by atoms with Crippen LogP contribution in [0.5, 0.6) is 5.75 Å². The van der Waals surface area contributed by atoms with E-state index in [4.69, 9.17) is 4.74 Å². The predicted octanol–water partition coefficient (Wildman–Crippen LogP) is 3.60. The van der Waals surface area contributed by atoms with Crippen molar-refractivity contribution >= 4 is 11.8 Å². The molecule has 182 valence electrons. The largest absolute Gasteiger partial charge is 0.488 e. The number of nitrogens with one attached hydrogen (secondary N) is 1. The van der Waals surface area contributed by atoms with Crippen molar-refractivity contribution in [2.45, 2.75) is 27.0 Å². The van der Waals surface area contributed by atoms with Crippen LogP contribution in [0.3, 0.4) is 0 Å². The van der Waals surface area contributed by atoms with Gasteiger partial charge < -0.3 is 19.9 Å².